The molecule has 18 heavy (non-hydrogen) atoms. The van der Waals surface area contributed by atoms with Crippen LogP contribution in [-0.4, -0.2) is 27.7 Å². The van der Waals surface area contributed by atoms with Crippen LogP contribution in [0.5, 0.6) is 0 Å². The molecule has 0 radical (unpaired) electrons. The lowest BCUT2D eigenvalue weighted by molar-refractivity contribution is 0.0926. The number of rotatable bonds is 5. The Morgan fingerprint density at radius 1 is 1.39 bits per heavy atom. The molecule has 1 aromatic heterocycles. The Balaban J connectivity index is 1.76. The van der Waals surface area contributed by atoms with E-state index in [0.717, 1.165) is 49.7 Å². The molecule has 5 heteroatoms. The second-order valence-electron chi connectivity index (χ2n) is 5.28. The van der Waals surface area contributed by atoms with Crippen molar-refractivity contribution in [3.63, 3.8) is 0 Å². The molecule has 1 unspecified atom stereocenters. The van der Waals surface area contributed by atoms with Crippen molar-refractivity contribution in [2.24, 2.45) is 5.92 Å². The standard InChI is InChI=1S/C13H18N4O/c14-6-5-12-13(8-10-3-4-10)17(16-15-12)9-11-2-1-7-18-11/h10-11H,1-5,7-9H2. The number of nitrogens with zero attached hydrogens (tertiary/aromatic N) is 4. The highest BCUT2D eigenvalue weighted by molar-refractivity contribution is 5.16. The van der Waals surface area contributed by atoms with Gasteiger partial charge >= 0.3 is 0 Å². The molecule has 1 aliphatic carbocycles. The van der Waals surface area contributed by atoms with Gasteiger partial charge in [0, 0.05) is 6.61 Å². The molecule has 0 aromatic carbocycles. The Hall–Kier alpha value is -1.41. The summed E-state index contributed by atoms with van der Waals surface area (Å²) in [6, 6.07) is 2.18. The fourth-order valence-electron chi connectivity index (χ4n) is 2.53. The minimum Gasteiger partial charge on any atom is -0.376 e. The van der Waals surface area contributed by atoms with Crippen molar-refractivity contribution >= 4 is 0 Å². The van der Waals surface area contributed by atoms with E-state index in [4.69, 9.17) is 10.00 Å². The third kappa shape index (κ3) is 2.54. The first-order valence-electron chi connectivity index (χ1n) is 6.76. The van der Waals surface area contributed by atoms with E-state index in [2.05, 4.69) is 16.4 Å². The highest BCUT2D eigenvalue weighted by Crippen LogP contribution is 2.33. The van der Waals surface area contributed by atoms with E-state index in [9.17, 15) is 0 Å². The van der Waals surface area contributed by atoms with Crippen molar-refractivity contribution < 1.29 is 4.74 Å². The number of hydrogen-bond donors (Lipinski definition) is 0. The number of nitriles is 1. The summed E-state index contributed by atoms with van der Waals surface area (Å²) in [5, 5.41) is 17.2. The molecule has 0 amide bonds. The summed E-state index contributed by atoms with van der Waals surface area (Å²) in [4.78, 5) is 0. The second-order valence-corrected chi connectivity index (χ2v) is 5.28. The van der Waals surface area contributed by atoms with Crippen molar-refractivity contribution in [1.29, 1.82) is 5.26 Å². The van der Waals surface area contributed by atoms with Crippen LogP contribution in [-0.2, 0) is 24.1 Å². The fraction of sp³-hybridized carbons (Fsp3) is 0.769. The zero-order valence-corrected chi connectivity index (χ0v) is 10.5. The molecule has 2 fully saturated rings. The van der Waals surface area contributed by atoms with Gasteiger partial charge in [0.1, 0.15) is 0 Å². The maximum absolute atomic E-state index is 8.84. The first-order valence-corrected chi connectivity index (χ1v) is 6.76. The van der Waals surface area contributed by atoms with Crippen molar-refractivity contribution in [2.45, 2.75) is 51.2 Å². The number of ether oxygens (including phenoxy) is 1. The maximum atomic E-state index is 8.84. The van der Waals surface area contributed by atoms with Gasteiger partial charge in [0.05, 0.1) is 36.5 Å². The van der Waals surface area contributed by atoms with Gasteiger partial charge < -0.3 is 4.74 Å². The fourth-order valence-corrected chi connectivity index (χ4v) is 2.53. The van der Waals surface area contributed by atoms with E-state index in [-0.39, 0.29) is 6.10 Å². The quantitative estimate of drug-likeness (QED) is 0.789. The van der Waals surface area contributed by atoms with Crippen LogP contribution in [0.1, 0.15) is 37.1 Å². The summed E-state index contributed by atoms with van der Waals surface area (Å²) in [5.41, 5.74) is 2.02. The van der Waals surface area contributed by atoms with Gasteiger partial charge in [0.25, 0.3) is 0 Å². The summed E-state index contributed by atoms with van der Waals surface area (Å²) in [6.07, 6.45) is 6.52. The van der Waals surface area contributed by atoms with Crippen LogP contribution in [0.3, 0.4) is 0 Å². The van der Waals surface area contributed by atoms with Crippen molar-refractivity contribution in [3.05, 3.63) is 11.4 Å². The van der Waals surface area contributed by atoms with Gasteiger partial charge in [-0.15, -0.1) is 5.10 Å². The Morgan fingerprint density at radius 3 is 2.94 bits per heavy atom. The largest absolute Gasteiger partial charge is 0.376 e. The van der Waals surface area contributed by atoms with Crippen LogP contribution in [0.2, 0.25) is 0 Å². The molecule has 1 aliphatic heterocycles. The molecule has 1 saturated heterocycles. The molecule has 2 aliphatic rings. The first-order chi connectivity index (χ1) is 8.86. The number of hydrogen-bond acceptors (Lipinski definition) is 4. The molecule has 1 aromatic rings. The summed E-state index contributed by atoms with van der Waals surface area (Å²) in [7, 11) is 0. The predicted octanol–water partition coefficient (Wildman–Crippen LogP) is 1.48. The molecule has 0 N–H and O–H groups in total. The van der Waals surface area contributed by atoms with Crippen LogP contribution in [0.4, 0.5) is 0 Å². The molecule has 3 rings (SSSR count). The monoisotopic (exact) mass is 246 g/mol. The van der Waals surface area contributed by atoms with Gasteiger partial charge in [0.15, 0.2) is 0 Å². The molecule has 5 nitrogen and oxygen atoms in total. The highest BCUT2D eigenvalue weighted by Gasteiger charge is 2.27. The molecular weight excluding hydrogens is 228 g/mol. The SMILES string of the molecule is N#CCc1nnn(CC2CCCO2)c1CC1CC1. The van der Waals surface area contributed by atoms with Crippen LogP contribution < -0.4 is 0 Å². The topological polar surface area (TPSA) is 63.7 Å². The van der Waals surface area contributed by atoms with Gasteiger partial charge in [0.2, 0.25) is 0 Å². The van der Waals surface area contributed by atoms with Gasteiger partial charge in [-0.3, -0.25) is 0 Å². The summed E-state index contributed by atoms with van der Waals surface area (Å²) >= 11 is 0. The van der Waals surface area contributed by atoms with Gasteiger partial charge in [-0.2, -0.15) is 5.26 Å². The molecule has 0 bridgehead atoms. The first kappa shape index (κ1) is 11.7. The van der Waals surface area contributed by atoms with Crippen LogP contribution in [0.25, 0.3) is 0 Å². The van der Waals surface area contributed by atoms with E-state index in [0.29, 0.717) is 6.42 Å². The Labute approximate surface area is 107 Å². The molecule has 96 valence electrons. The van der Waals surface area contributed by atoms with E-state index in [1.165, 1.54) is 12.8 Å². The molecule has 2 heterocycles. The third-order valence-electron chi connectivity index (χ3n) is 3.74. The van der Waals surface area contributed by atoms with E-state index >= 15 is 0 Å². The molecular formula is C13H18N4O. The van der Waals surface area contributed by atoms with Crippen LogP contribution in [0, 0.1) is 17.2 Å². The van der Waals surface area contributed by atoms with Crippen molar-refractivity contribution in [1.82, 2.24) is 15.0 Å². The Kier molecular flexibility index (Phi) is 3.28. The second kappa shape index (κ2) is 5.07. The lowest BCUT2D eigenvalue weighted by Crippen LogP contribution is -2.18. The van der Waals surface area contributed by atoms with E-state index < -0.39 is 0 Å². The lowest BCUT2D eigenvalue weighted by Gasteiger charge is -2.11. The average Bonchev–Trinajstić information content (AvgIpc) is 2.90. The van der Waals surface area contributed by atoms with Crippen molar-refractivity contribution in [2.75, 3.05) is 6.61 Å². The normalized spacial score (nSPS) is 23.2. The van der Waals surface area contributed by atoms with Gasteiger partial charge in [-0.25, -0.2) is 4.68 Å². The number of aromatic nitrogens is 3. The lowest BCUT2D eigenvalue weighted by atomic mass is 10.1. The van der Waals surface area contributed by atoms with E-state index in [1.54, 1.807) is 0 Å². The predicted molar refractivity (Wildman–Crippen MR) is 64.7 cm³/mol. The van der Waals surface area contributed by atoms with E-state index in [1.807, 2.05) is 4.68 Å². The average molecular weight is 246 g/mol. The highest BCUT2D eigenvalue weighted by atomic mass is 16.5. The smallest absolute Gasteiger partial charge is 0.0999 e. The summed E-state index contributed by atoms with van der Waals surface area (Å²) in [5.74, 6) is 0.782. The van der Waals surface area contributed by atoms with Crippen LogP contribution >= 0.6 is 0 Å². The zero-order chi connectivity index (χ0) is 12.4. The Morgan fingerprint density at radius 2 is 2.28 bits per heavy atom. The zero-order valence-electron chi connectivity index (χ0n) is 10.5. The Bertz CT molecular complexity index is 452. The minimum atomic E-state index is 0.277. The minimum absolute atomic E-state index is 0.277. The van der Waals surface area contributed by atoms with Crippen molar-refractivity contribution in [3.8, 4) is 6.07 Å². The third-order valence-corrected chi connectivity index (χ3v) is 3.74. The summed E-state index contributed by atoms with van der Waals surface area (Å²) in [6.45, 7) is 1.66. The van der Waals surface area contributed by atoms with Gasteiger partial charge in [-0.05, 0) is 38.0 Å². The maximum Gasteiger partial charge on any atom is 0.0999 e. The van der Waals surface area contributed by atoms with Crippen LogP contribution in [0.15, 0.2) is 0 Å². The van der Waals surface area contributed by atoms with Gasteiger partial charge in [-0.1, -0.05) is 5.21 Å². The molecule has 1 atom stereocenters. The molecule has 1 saturated carbocycles. The summed E-state index contributed by atoms with van der Waals surface area (Å²) < 4.78 is 7.62. The molecule has 0 spiro atoms.